The van der Waals surface area contributed by atoms with Crippen LogP contribution in [0.2, 0.25) is 0 Å². The van der Waals surface area contributed by atoms with Crippen LogP contribution >= 0.6 is 0 Å². The molecule has 2 nitrogen and oxygen atoms in total. The Morgan fingerprint density at radius 1 is 1.11 bits per heavy atom. The number of aromatic hydroxyl groups is 1. The Labute approximate surface area is 118 Å². The number of phenolic OH excluding ortho intramolecular Hbond substituents is 1. The molecule has 0 unspecified atom stereocenters. The van der Waals surface area contributed by atoms with E-state index in [-0.39, 0.29) is 0 Å². The van der Waals surface area contributed by atoms with Crippen LogP contribution < -0.4 is 0 Å². The summed E-state index contributed by atoms with van der Waals surface area (Å²) in [5.41, 5.74) is 1.08. The lowest BCUT2D eigenvalue weighted by Gasteiger charge is -1.97. The van der Waals surface area contributed by atoms with Gasteiger partial charge < -0.3 is 9.84 Å². The van der Waals surface area contributed by atoms with Crippen molar-refractivity contribution in [2.24, 2.45) is 0 Å². The number of hydrogen-bond donors (Lipinski definition) is 1. The molecule has 0 aliphatic heterocycles. The zero-order valence-corrected chi connectivity index (χ0v) is 12.6. The largest absolute Gasteiger partial charge is 0.508 e. The molecule has 1 N–H and O–H groups in total. The van der Waals surface area contributed by atoms with Crippen LogP contribution in [0.1, 0.15) is 51.0 Å². The van der Waals surface area contributed by atoms with Crippen molar-refractivity contribution < 1.29 is 9.84 Å². The van der Waals surface area contributed by atoms with Crippen molar-refractivity contribution >= 4 is 6.08 Å². The molecular weight excluding hydrogens is 236 g/mol. The molecule has 108 valence electrons. The fourth-order valence-electron chi connectivity index (χ4n) is 1.71. The van der Waals surface area contributed by atoms with Gasteiger partial charge in [-0.2, -0.15) is 0 Å². The summed E-state index contributed by atoms with van der Waals surface area (Å²) in [4.78, 5) is 0. The van der Waals surface area contributed by atoms with Gasteiger partial charge in [0.15, 0.2) is 0 Å². The van der Waals surface area contributed by atoms with Crippen molar-refractivity contribution in [2.45, 2.75) is 45.4 Å². The van der Waals surface area contributed by atoms with Crippen LogP contribution in [0.25, 0.3) is 6.08 Å². The topological polar surface area (TPSA) is 29.5 Å². The van der Waals surface area contributed by atoms with Crippen molar-refractivity contribution in [2.75, 3.05) is 14.2 Å². The number of methoxy groups -OCH3 is 1. The minimum Gasteiger partial charge on any atom is -0.508 e. The Kier molecular flexibility index (Phi) is 12.3. The van der Waals surface area contributed by atoms with Gasteiger partial charge in [-0.3, -0.25) is 0 Å². The van der Waals surface area contributed by atoms with Crippen LogP contribution in [-0.4, -0.2) is 19.3 Å². The number of benzene rings is 1. The third-order valence-electron chi connectivity index (χ3n) is 2.65. The average Bonchev–Trinajstić information content (AvgIpc) is 2.39. The van der Waals surface area contributed by atoms with E-state index in [2.05, 4.69) is 23.8 Å². The number of phenols is 1. The van der Waals surface area contributed by atoms with Crippen molar-refractivity contribution in [1.29, 1.82) is 0 Å². The van der Waals surface area contributed by atoms with Gasteiger partial charge in [-0.1, -0.05) is 56.9 Å². The summed E-state index contributed by atoms with van der Waals surface area (Å²) in [6.45, 7) is 2.24. The lowest BCUT2D eigenvalue weighted by atomic mass is 10.1. The van der Waals surface area contributed by atoms with Gasteiger partial charge in [0.1, 0.15) is 5.75 Å². The van der Waals surface area contributed by atoms with Crippen molar-refractivity contribution in [3.05, 3.63) is 35.9 Å². The maximum absolute atomic E-state index is 9.28. The fraction of sp³-hybridized carbons (Fsp3) is 0.529. The molecular formula is C17H28O2. The predicted octanol–water partition coefficient (Wildman–Crippen LogP) is 5.03. The zero-order chi connectivity index (χ0) is 14.3. The molecule has 0 aliphatic carbocycles. The molecule has 0 saturated heterocycles. The molecule has 0 atom stereocenters. The van der Waals surface area contributed by atoms with Gasteiger partial charge in [0, 0.05) is 14.2 Å². The second-order valence-electron chi connectivity index (χ2n) is 4.61. The summed E-state index contributed by atoms with van der Waals surface area (Å²) < 4.78 is 4.25. The molecule has 1 aromatic rings. The highest BCUT2D eigenvalue weighted by Crippen LogP contribution is 2.13. The van der Waals surface area contributed by atoms with Crippen LogP contribution in [0.4, 0.5) is 0 Å². The highest BCUT2D eigenvalue weighted by Gasteiger charge is 1.89. The van der Waals surface area contributed by atoms with Gasteiger partial charge in [0.25, 0.3) is 0 Å². The molecule has 1 rings (SSSR count). The first-order valence-corrected chi connectivity index (χ1v) is 7.10. The Bertz CT molecular complexity index is 332. The third kappa shape index (κ3) is 11.5. The van der Waals surface area contributed by atoms with E-state index in [1.54, 1.807) is 26.4 Å². The van der Waals surface area contributed by atoms with Gasteiger partial charge in [-0.05, 0) is 30.5 Å². The summed E-state index contributed by atoms with van der Waals surface area (Å²) in [7, 11) is 3.25. The average molecular weight is 264 g/mol. The molecule has 0 bridgehead atoms. The van der Waals surface area contributed by atoms with E-state index in [1.165, 1.54) is 32.1 Å². The van der Waals surface area contributed by atoms with E-state index >= 15 is 0 Å². The van der Waals surface area contributed by atoms with Crippen LogP contribution in [0.5, 0.6) is 5.75 Å². The minimum atomic E-state index is 0.338. The highest BCUT2D eigenvalue weighted by atomic mass is 16.4. The van der Waals surface area contributed by atoms with Crippen LogP contribution in [-0.2, 0) is 4.74 Å². The molecule has 19 heavy (non-hydrogen) atoms. The van der Waals surface area contributed by atoms with Crippen LogP contribution in [0.3, 0.4) is 0 Å². The van der Waals surface area contributed by atoms with E-state index in [0.717, 1.165) is 12.0 Å². The Morgan fingerprint density at radius 2 is 1.79 bits per heavy atom. The summed E-state index contributed by atoms with van der Waals surface area (Å²) in [6.07, 6.45) is 12.0. The number of unbranched alkanes of at least 4 members (excludes halogenated alkanes) is 5. The SMILES string of the molecule is CCCCCCC/C=C/c1cccc(O)c1.COC. The first kappa shape index (κ1) is 17.7. The van der Waals surface area contributed by atoms with E-state index in [9.17, 15) is 5.11 Å². The predicted molar refractivity (Wildman–Crippen MR) is 83.4 cm³/mol. The van der Waals surface area contributed by atoms with Gasteiger partial charge in [-0.15, -0.1) is 0 Å². The molecule has 0 aliphatic rings. The molecule has 1 aromatic carbocycles. The van der Waals surface area contributed by atoms with Crippen molar-refractivity contribution in [3.63, 3.8) is 0 Å². The fourth-order valence-corrected chi connectivity index (χ4v) is 1.71. The molecule has 0 radical (unpaired) electrons. The second kappa shape index (κ2) is 13.2. The molecule has 0 heterocycles. The van der Waals surface area contributed by atoms with Gasteiger partial charge in [0.2, 0.25) is 0 Å². The second-order valence-corrected chi connectivity index (χ2v) is 4.61. The van der Waals surface area contributed by atoms with Gasteiger partial charge in [0.05, 0.1) is 0 Å². The Hall–Kier alpha value is -1.28. The maximum Gasteiger partial charge on any atom is 0.116 e. The van der Waals surface area contributed by atoms with E-state index in [0.29, 0.717) is 5.75 Å². The molecule has 0 fully saturated rings. The monoisotopic (exact) mass is 264 g/mol. The number of allylic oxidation sites excluding steroid dienone is 1. The number of rotatable bonds is 7. The van der Waals surface area contributed by atoms with Crippen molar-refractivity contribution in [3.8, 4) is 5.75 Å². The lowest BCUT2D eigenvalue weighted by molar-refractivity contribution is 0.277. The number of hydrogen-bond acceptors (Lipinski definition) is 2. The molecule has 0 spiro atoms. The standard InChI is InChI=1S/C15H22O.C2H6O/c1-2-3-4-5-6-7-8-10-14-11-9-12-15(16)13-14;1-3-2/h8-13,16H,2-7H2,1H3;1-2H3/b10-8+;. The van der Waals surface area contributed by atoms with Crippen LogP contribution in [0.15, 0.2) is 30.3 Å². The molecule has 2 heteroatoms. The summed E-state index contributed by atoms with van der Waals surface area (Å²) in [6, 6.07) is 7.36. The van der Waals surface area contributed by atoms with Gasteiger partial charge >= 0.3 is 0 Å². The molecule has 0 aromatic heterocycles. The Morgan fingerprint density at radius 3 is 2.42 bits per heavy atom. The van der Waals surface area contributed by atoms with E-state index in [4.69, 9.17) is 0 Å². The van der Waals surface area contributed by atoms with E-state index in [1.807, 2.05) is 12.1 Å². The highest BCUT2D eigenvalue weighted by molar-refractivity contribution is 5.51. The number of ether oxygens (including phenoxy) is 1. The quantitative estimate of drug-likeness (QED) is 0.700. The molecule has 0 saturated carbocycles. The van der Waals surface area contributed by atoms with Gasteiger partial charge in [-0.25, -0.2) is 0 Å². The lowest BCUT2D eigenvalue weighted by Crippen LogP contribution is -1.76. The van der Waals surface area contributed by atoms with E-state index < -0.39 is 0 Å². The summed E-state index contributed by atoms with van der Waals surface area (Å²) in [5, 5.41) is 9.28. The first-order chi connectivity index (χ1) is 9.24. The smallest absolute Gasteiger partial charge is 0.116 e. The minimum absolute atomic E-state index is 0.338. The van der Waals surface area contributed by atoms with Crippen LogP contribution in [0, 0.1) is 0 Å². The van der Waals surface area contributed by atoms with Crippen molar-refractivity contribution in [1.82, 2.24) is 0 Å². The molecule has 0 amide bonds. The zero-order valence-electron chi connectivity index (χ0n) is 12.6. The normalized spacial score (nSPS) is 10.3. The Balaban J connectivity index is 0.000000982. The summed E-state index contributed by atoms with van der Waals surface area (Å²) in [5.74, 6) is 0.338. The first-order valence-electron chi connectivity index (χ1n) is 7.10. The maximum atomic E-state index is 9.28. The summed E-state index contributed by atoms with van der Waals surface area (Å²) >= 11 is 0. The third-order valence-corrected chi connectivity index (χ3v) is 2.65.